The van der Waals surface area contributed by atoms with Gasteiger partial charge in [0.05, 0.1) is 6.10 Å². The van der Waals surface area contributed by atoms with Crippen molar-refractivity contribution in [3.05, 3.63) is 21.9 Å². The van der Waals surface area contributed by atoms with Crippen LogP contribution in [-0.2, 0) is 27.7 Å². The second-order valence-electron chi connectivity index (χ2n) is 4.90. The number of ether oxygens (including phenoxy) is 1. The lowest BCUT2D eigenvalue weighted by atomic mass is 10.1. The molecule has 1 saturated heterocycles. The smallest absolute Gasteiger partial charge is 0.219 e. The summed E-state index contributed by atoms with van der Waals surface area (Å²) in [6.07, 6.45) is 1.27. The number of rotatable bonds is 2. The topological polar surface area (TPSA) is 46.6 Å². The van der Waals surface area contributed by atoms with E-state index >= 15 is 0 Å². The Morgan fingerprint density at radius 2 is 2.33 bits per heavy atom. The quantitative estimate of drug-likeness (QED) is 0.830. The summed E-state index contributed by atoms with van der Waals surface area (Å²) < 4.78 is 32.2. The van der Waals surface area contributed by atoms with Gasteiger partial charge in [-0.25, -0.2) is 8.42 Å². The highest BCUT2D eigenvalue weighted by atomic mass is 32.2. The number of sulfonamides is 1. The number of hydrogen-bond donors (Lipinski definition) is 0. The molecule has 0 saturated carbocycles. The summed E-state index contributed by atoms with van der Waals surface area (Å²) in [4.78, 5) is 1.19. The average molecular weight is 287 g/mol. The van der Waals surface area contributed by atoms with Gasteiger partial charge in [-0.2, -0.15) is 4.31 Å². The van der Waals surface area contributed by atoms with E-state index in [2.05, 4.69) is 6.07 Å². The molecule has 2 atom stereocenters. The van der Waals surface area contributed by atoms with Crippen LogP contribution in [0.15, 0.2) is 11.4 Å². The Hall–Kier alpha value is -0.430. The maximum Gasteiger partial charge on any atom is 0.219 e. The molecule has 3 rings (SSSR count). The van der Waals surface area contributed by atoms with Crippen LogP contribution in [0.5, 0.6) is 0 Å². The lowest BCUT2D eigenvalue weighted by molar-refractivity contribution is 0.125. The Morgan fingerprint density at radius 3 is 3.06 bits per heavy atom. The minimum atomic E-state index is -3.22. The van der Waals surface area contributed by atoms with Crippen LogP contribution < -0.4 is 0 Å². The Bertz CT molecular complexity index is 537. The Kier molecular flexibility index (Phi) is 3.21. The number of hydrogen-bond acceptors (Lipinski definition) is 4. The van der Waals surface area contributed by atoms with E-state index in [0.717, 1.165) is 6.42 Å². The van der Waals surface area contributed by atoms with Crippen molar-refractivity contribution in [2.45, 2.75) is 37.7 Å². The van der Waals surface area contributed by atoms with Crippen LogP contribution in [0.2, 0.25) is 0 Å². The second-order valence-corrected chi connectivity index (χ2v) is 8.05. The normalized spacial score (nSPS) is 29.4. The molecule has 1 aromatic heterocycles. The first-order valence-corrected chi connectivity index (χ1v) is 8.63. The molecular weight excluding hydrogens is 270 g/mol. The van der Waals surface area contributed by atoms with E-state index in [4.69, 9.17) is 4.74 Å². The summed E-state index contributed by atoms with van der Waals surface area (Å²) in [7, 11) is -3.22. The highest BCUT2D eigenvalue weighted by Gasteiger charge is 2.40. The van der Waals surface area contributed by atoms with Gasteiger partial charge >= 0.3 is 0 Å². The first kappa shape index (κ1) is 12.6. The van der Waals surface area contributed by atoms with Crippen LogP contribution >= 0.6 is 11.3 Å². The summed E-state index contributed by atoms with van der Waals surface area (Å²) in [6, 6.07) is 2.10. The number of nitrogens with zero attached hydrogens (tertiary/aromatic N) is 1. The Morgan fingerprint density at radius 1 is 1.50 bits per heavy atom. The van der Waals surface area contributed by atoms with E-state index in [1.54, 1.807) is 15.6 Å². The standard InChI is InChI=1S/C12H17NO3S2/c1-9-12(3-6-16-9)18(14,15)13-5-2-10-4-7-17-11(10)8-13/h4,7,9,12H,2-3,5-6,8H2,1H3. The van der Waals surface area contributed by atoms with Crippen LogP contribution in [0, 0.1) is 0 Å². The van der Waals surface area contributed by atoms with E-state index in [1.807, 2.05) is 12.3 Å². The molecule has 6 heteroatoms. The van der Waals surface area contributed by atoms with Crippen molar-refractivity contribution >= 4 is 21.4 Å². The highest BCUT2D eigenvalue weighted by molar-refractivity contribution is 7.89. The van der Waals surface area contributed by atoms with E-state index in [9.17, 15) is 8.42 Å². The fraction of sp³-hybridized carbons (Fsp3) is 0.667. The molecule has 1 fully saturated rings. The number of fused-ring (bicyclic) bond motifs is 1. The predicted molar refractivity (Wildman–Crippen MR) is 71.2 cm³/mol. The predicted octanol–water partition coefficient (Wildman–Crippen LogP) is 1.61. The Balaban J connectivity index is 1.83. The first-order chi connectivity index (χ1) is 8.59. The fourth-order valence-corrected chi connectivity index (χ4v) is 5.75. The van der Waals surface area contributed by atoms with Crippen LogP contribution in [0.4, 0.5) is 0 Å². The summed E-state index contributed by atoms with van der Waals surface area (Å²) in [5.74, 6) is 0. The second kappa shape index (κ2) is 4.59. The van der Waals surface area contributed by atoms with E-state index in [1.165, 1.54) is 10.4 Å². The third-order valence-electron chi connectivity index (χ3n) is 3.84. The molecule has 2 aliphatic heterocycles. The van der Waals surface area contributed by atoms with Gasteiger partial charge in [-0.15, -0.1) is 11.3 Å². The molecule has 4 nitrogen and oxygen atoms in total. The molecule has 2 aliphatic rings. The van der Waals surface area contributed by atoms with E-state index < -0.39 is 10.0 Å². The minimum Gasteiger partial charge on any atom is -0.377 e. The van der Waals surface area contributed by atoms with Gasteiger partial charge in [0.2, 0.25) is 10.0 Å². The molecular formula is C12H17NO3S2. The summed E-state index contributed by atoms with van der Waals surface area (Å²) >= 11 is 1.65. The SMILES string of the molecule is CC1OCCC1S(=O)(=O)N1CCc2ccsc2C1. The van der Waals surface area contributed by atoms with Crippen molar-refractivity contribution in [3.63, 3.8) is 0 Å². The van der Waals surface area contributed by atoms with Crippen LogP contribution in [0.1, 0.15) is 23.8 Å². The van der Waals surface area contributed by atoms with Crippen molar-refractivity contribution in [3.8, 4) is 0 Å². The van der Waals surface area contributed by atoms with Gasteiger partial charge in [0.25, 0.3) is 0 Å². The lowest BCUT2D eigenvalue weighted by Crippen LogP contribution is -2.43. The van der Waals surface area contributed by atoms with Gasteiger partial charge in [0.15, 0.2) is 0 Å². The van der Waals surface area contributed by atoms with Gasteiger partial charge in [-0.1, -0.05) is 0 Å². The molecule has 0 amide bonds. The van der Waals surface area contributed by atoms with Crippen molar-refractivity contribution in [1.29, 1.82) is 0 Å². The van der Waals surface area contributed by atoms with Gasteiger partial charge in [-0.05, 0) is 36.8 Å². The van der Waals surface area contributed by atoms with Gasteiger partial charge in [0, 0.05) is 24.6 Å². The monoisotopic (exact) mass is 287 g/mol. The largest absolute Gasteiger partial charge is 0.377 e. The Labute approximate surface area is 112 Å². The molecule has 100 valence electrons. The third-order valence-corrected chi connectivity index (χ3v) is 7.20. The summed E-state index contributed by atoms with van der Waals surface area (Å²) in [5, 5.41) is 1.68. The zero-order valence-electron chi connectivity index (χ0n) is 10.3. The molecule has 3 heterocycles. The van der Waals surface area contributed by atoms with Crippen molar-refractivity contribution in [2.24, 2.45) is 0 Å². The van der Waals surface area contributed by atoms with Crippen molar-refractivity contribution in [1.82, 2.24) is 4.31 Å². The van der Waals surface area contributed by atoms with Crippen LogP contribution in [0.25, 0.3) is 0 Å². The van der Waals surface area contributed by atoms with Crippen molar-refractivity contribution in [2.75, 3.05) is 13.2 Å². The molecule has 1 aromatic rings. The molecule has 0 spiro atoms. The fourth-order valence-electron chi connectivity index (χ4n) is 2.72. The van der Waals surface area contributed by atoms with Gasteiger partial charge in [0.1, 0.15) is 5.25 Å². The molecule has 0 N–H and O–H groups in total. The maximum atomic E-state index is 12.6. The third kappa shape index (κ3) is 2.01. The summed E-state index contributed by atoms with van der Waals surface area (Å²) in [5.41, 5.74) is 1.31. The zero-order valence-corrected chi connectivity index (χ0v) is 12.0. The molecule has 0 aromatic carbocycles. The molecule has 0 aliphatic carbocycles. The lowest BCUT2D eigenvalue weighted by Gasteiger charge is -2.29. The van der Waals surface area contributed by atoms with Gasteiger partial charge < -0.3 is 4.74 Å². The molecule has 2 unspecified atom stereocenters. The maximum absolute atomic E-state index is 12.6. The average Bonchev–Trinajstić information content (AvgIpc) is 2.95. The van der Waals surface area contributed by atoms with E-state index in [0.29, 0.717) is 26.1 Å². The van der Waals surface area contributed by atoms with Crippen LogP contribution in [0.3, 0.4) is 0 Å². The number of thiophene rings is 1. The first-order valence-electron chi connectivity index (χ1n) is 6.25. The molecule has 0 radical (unpaired) electrons. The molecule has 18 heavy (non-hydrogen) atoms. The van der Waals surface area contributed by atoms with Crippen LogP contribution in [-0.4, -0.2) is 37.2 Å². The molecule has 0 bridgehead atoms. The van der Waals surface area contributed by atoms with E-state index in [-0.39, 0.29) is 11.4 Å². The zero-order chi connectivity index (χ0) is 12.8. The van der Waals surface area contributed by atoms with Gasteiger partial charge in [-0.3, -0.25) is 0 Å². The highest BCUT2D eigenvalue weighted by Crippen LogP contribution is 2.30. The van der Waals surface area contributed by atoms with Crippen molar-refractivity contribution < 1.29 is 13.2 Å². The minimum absolute atomic E-state index is 0.181. The summed E-state index contributed by atoms with van der Waals surface area (Å²) in [6.45, 7) is 3.56.